The average molecular weight is 580 g/mol. The number of benzene rings is 2. The highest BCUT2D eigenvalue weighted by Gasteiger charge is 2.37. The van der Waals surface area contributed by atoms with Crippen molar-refractivity contribution in [3.63, 3.8) is 0 Å². The number of carbonyl (C=O) groups is 2. The van der Waals surface area contributed by atoms with Gasteiger partial charge in [-0.3, -0.25) is 4.79 Å². The van der Waals surface area contributed by atoms with Crippen LogP contribution in [0.3, 0.4) is 0 Å². The summed E-state index contributed by atoms with van der Waals surface area (Å²) in [6.07, 6.45) is 6.75. The van der Waals surface area contributed by atoms with Crippen molar-refractivity contribution in [2.24, 2.45) is 11.8 Å². The van der Waals surface area contributed by atoms with E-state index < -0.39 is 5.97 Å². The Morgan fingerprint density at radius 1 is 1.14 bits per heavy atom. The first-order valence-electron chi connectivity index (χ1n) is 14.5. The molecule has 4 heterocycles. The normalized spacial score (nSPS) is 19.3. The number of hydrogen-bond donors (Lipinski definition) is 4. The molecule has 2 saturated heterocycles. The maximum Gasteiger partial charge on any atom is 0.339 e. The van der Waals surface area contributed by atoms with Crippen LogP contribution in [0, 0.1) is 11.8 Å². The van der Waals surface area contributed by atoms with Crippen molar-refractivity contribution in [3.05, 3.63) is 67.0 Å². The predicted molar refractivity (Wildman–Crippen MR) is 165 cm³/mol. The molecule has 0 bridgehead atoms. The molecule has 0 spiro atoms. The number of aromatic carboxylic acids is 1. The highest BCUT2D eigenvalue weighted by atomic mass is 16.5. The molecule has 4 N–H and O–H groups in total. The Kier molecular flexibility index (Phi) is 6.73. The second kappa shape index (κ2) is 10.7. The van der Waals surface area contributed by atoms with Crippen molar-refractivity contribution in [3.8, 4) is 17.0 Å². The summed E-state index contributed by atoms with van der Waals surface area (Å²) in [7, 11) is 1.58. The zero-order chi connectivity index (χ0) is 29.7. The molecule has 1 saturated carbocycles. The lowest BCUT2D eigenvalue weighted by atomic mass is 10.0. The van der Waals surface area contributed by atoms with Gasteiger partial charge in [0.05, 0.1) is 29.9 Å². The van der Waals surface area contributed by atoms with Gasteiger partial charge in [0.1, 0.15) is 11.3 Å². The molecule has 11 nitrogen and oxygen atoms in total. The Bertz CT molecular complexity index is 1750. The minimum absolute atomic E-state index is 0.0135. The van der Waals surface area contributed by atoms with Crippen LogP contribution in [-0.2, 0) is 4.79 Å². The minimum Gasteiger partial charge on any atom is -0.494 e. The van der Waals surface area contributed by atoms with Gasteiger partial charge < -0.3 is 35.3 Å². The number of nitrogens with one attached hydrogen (secondary N) is 3. The Morgan fingerprint density at radius 3 is 2.60 bits per heavy atom. The fraction of sp³-hybridized carbons (Fsp3) is 0.312. The molecule has 220 valence electrons. The fourth-order valence-electron chi connectivity index (χ4n) is 6.41. The van der Waals surface area contributed by atoms with Crippen molar-refractivity contribution >= 4 is 45.8 Å². The van der Waals surface area contributed by atoms with Crippen LogP contribution in [-0.4, -0.2) is 64.8 Å². The van der Waals surface area contributed by atoms with Crippen molar-refractivity contribution in [1.29, 1.82) is 0 Å². The van der Waals surface area contributed by atoms with Gasteiger partial charge in [0.15, 0.2) is 0 Å². The summed E-state index contributed by atoms with van der Waals surface area (Å²) < 4.78 is 7.99. The summed E-state index contributed by atoms with van der Waals surface area (Å²) in [5.41, 5.74) is 4.12. The van der Waals surface area contributed by atoms with Crippen LogP contribution >= 0.6 is 0 Å². The van der Waals surface area contributed by atoms with Gasteiger partial charge in [-0.15, -0.1) is 0 Å². The number of carboxylic acids is 1. The van der Waals surface area contributed by atoms with Crippen molar-refractivity contribution in [2.75, 3.05) is 48.8 Å². The third-order valence-electron chi connectivity index (χ3n) is 8.69. The predicted octanol–water partition coefficient (Wildman–Crippen LogP) is 4.66. The number of nitrogens with zero attached hydrogens (tertiary/aromatic N) is 4. The zero-order valence-corrected chi connectivity index (χ0v) is 23.8. The van der Waals surface area contributed by atoms with Crippen molar-refractivity contribution < 1.29 is 19.4 Å². The molecule has 4 aromatic rings. The summed E-state index contributed by atoms with van der Waals surface area (Å²) in [4.78, 5) is 36.1. The van der Waals surface area contributed by atoms with Gasteiger partial charge in [0.2, 0.25) is 11.9 Å². The third kappa shape index (κ3) is 4.95. The molecule has 0 radical (unpaired) electrons. The lowest BCUT2D eigenvalue weighted by Gasteiger charge is -2.25. The van der Waals surface area contributed by atoms with Crippen molar-refractivity contribution in [1.82, 2.24) is 19.9 Å². The summed E-state index contributed by atoms with van der Waals surface area (Å²) in [5, 5.41) is 20.6. The van der Waals surface area contributed by atoms with E-state index in [-0.39, 0.29) is 17.4 Å². The Balaban J connectivity index is 1.28. The smallest absolute Gasteiger partial charge is 0.339 e. The molecule has 2 aromatic heterocycles. The number of ether oxygens (including phenoxy) is 1. The Hall–Kier alpha value is -4.90. The van der Waals surface area contributed by atoms with E-state index in [9.17, 15) is 14.7 Å². The molecule has 1 aliphatic carbocycles. The quantitative estimate of drug-likeness (QED) is 0.209. The molecule has 43 heavy (non-hydrogen) atoms. The first kappa shape index (κ1) is 27.0. The number of methoxy groups -OCH3 is 1. The second-order valence-corrected chi connectivity index (χ2v) is 11.4. The molecule has 0 unspecified atom stereocenters. The topological polar surface area (TPSA) is 134 Å². The zero-order valence-electron chi connectivity index (χ0n) is 23.8. The lowest BCUT2D eigenvalue weighted by molar-refractivity contribution is -0.111. The first-order valence-corrected chi connectivity index (χ1v) is 14.5. The van der Waals surface area contributed by atoms with Gasteiger partial charge in [0.25, 0.3) is 0 Å². The number of rotatable bonds is 9. The van der Waals surface area contributed by atoms with E-state index in [1.165, 1.54) is 12.3 Å². The van der Waals surface area contributed by atoms with Gasteiger partial charge in [0, 0.05) is 67.1 Å². The molecule has 7 rings (SSSR count). The fourth-order valence-corrected chi connectivity index (χ4v) is 6.41. The third-order valence-corrected chi connectivity index (χ3v) is 8.69. The summed E-state index contributed by atoms with van der Waals surface area (Å²) in [5.74, 6) is 0.424. The monoisotopic (exact) mass is 579 g/mol. The van der Waals surface area contributed by atoms with Crippen LogP contribution in [0.25, 0.3) is 22.2 Å². The SMILES string of the molecule is C=CC(=O)Nc1cc(Nc2ncc(C(=O)O)c(-c3cn(C4CC4)c4ccccc34)n2)c(OC)cc1N1C[C@H]2CNC[C@H]2C1. The van der Waals surface area contributed by atoms with Gasteiger partial charge in [-0.2, -0.15) is 0 Å². The molecule has 1 amide bonds. The van der Waals surface area contributed by atoms with Gasteiger partial charge in [-0.05, 0) is 42.9 Å². The first-order chi connectivity index (χ1) is 20.9. The van der Waals surface area contributed by atoms with Crippen molar-refractivity contribution in [2.45, 2.75) is 18.9 Å². The molecular weight excluding hydrogens is 546 g/mol. The Morgan fingerprint density at radius 2 is 1.91 bits per heavy atom. The van der Waals surface area contributed by atoms with E-state index in [0.29, 0.717) is 40.7 Å². The molecule has 3 aliphatic rings. The lowest BCUT2D eigenvalue weighted by Crippen LogP contribution is -2.26. The van der Waals surface area contributed by atoms with Gasteiger partial charge >= 0.3 is 5.97 Å². The summed E-state index contributed by atoms with van der Waals surface area (Å²) >= 11 is 0. The van der Waals surface area contributed by atoms with Gasteiger partial charge in [-0.25, -0.2) is 14.8 Å². The number of para-hydroxylation sites is 1. The number of carbonyl (C=O) groups excluding carboxylic acids is 1. The number of anilines is 4. The van der Waals surface area contributed by atoms with E-state index >= 15 is 0 Å². The molecule has 3 fully saturated rings. The highest BCUT2D eigenvalue weighted by Crippen LogP contribution is 2.43. The summed E-state index contributed by atoms with van der Waals surface area (Å²) in [6, 6.07) is 12.1. The molecule has 2 atom stereocenters. The molecule has 2 aliphatic heterocycles. The van der Waals surface area contributed by atoms with Crippen LogP contribution < -0.4 is 25.6 Å². The standard InChI is InChI=1S/C32H33N7O4/c1-3-29(40)35-24-10-25(28(43-2)11-27(24)38-15-18-12-33-13-19(18)16-38)36-32-34-14-22(31(41)42)30(37-32)23-17-39(20-8-9-20)26-7-5-4-6-21(23)26/h3-7,10-11,14,17-20,33H,1,8-9,12-13,15-16H2,2H3,(H,35,40)(H,41,42)(H,34,36,37)/t18-,19+. The number of fused-ring (bicyclic) bond motifs is 2. The highest BCUT2D eigenvalue weighted by molar-refractivity contribution is 6.03. The minimum atomic E-state index is -1.10. The average Bonchev–Trinajstić information content (AvgIpc) is 3.44. The Labute approximate surface area is 248 Å². The van der Waals surface area contributed by atoms with Crippen LogP contribution in [0.5, 0.6) is 5.75 Å². The number of hydrogen-bond acceptors (Lipinski definition) is 8. The maximum atomic E-state index is 12.4. The van der Waals surface area contributed by atoms with Crippen LogP contribution in [0.15, 0.2) is 61.4 Å². The second-order valence-electron chi connectivity index (χ2n) is 11.4. The van der Waals surface area contributed by atoms with E-state index in [1.807, 2.05) is 36.5 Å². The maximum absolute atomic E-state index is 12.4. The van der Waals surface area contributed by atoms with E-state index in [0.717, 1.165) is 61.2 Å². The van der Waals surface area contributed by atoms with Crippen LogP contribution in [0.4, 0.5) is 23.0 Å². The number of amides is 1. The van der Waals surface area contributed by atoms with Crippen LogP contribution in [0.2, 0.25) is 0 Å². The number of aromatic nitrogens is 3. The summed E-state index contributed by atoms with van der Waals surface area (Å²) in [6.45, 7) is 7.33. The van der Waals surface area contributed by atoms with E-state index in [2.05, 4.69) is 37.0 Å². The van der Waals surface area contributed by atoms with Gasteiger partial charge in [-0.1, -0.05) is 24.8 Å². The largest absolute Gasteiger partial charge is 0.494 e. The van der Waals surface area contributed by atoms with E-state index in [1.54, 1.807) is 13.2 Å². The number of carboxylic acid groups (broad SMARTS) is 1. The molecule has 2 aromatic carbocycles. The van der Waals surface area contributed by atoms with E-state index in [4.69, 9.17) is 9.72 Å². The molecular formula is C32H33N7O4. The molecule has 11 heteroatoms. The van der Waals surface area contributed by atoms with Crippen LogP contribution in [0.1, 0.15) is 29.2 Å².